The molecule has 1 aromatic rings. The first-order valence-electron chi connectivity index (χ1n) is 6.52. The number of nitrogens with two attached hydrogens (primary N) is 1. The molecule has 1 heterocycles. The maximum Gasteiger partial charge on any atom is 0.211 e. The van der Waals surface area contributed by atoms with Gasteiger partial charge in [-0.25, -0.2) is 12.7 Å². The van der Waals surface area contributed by atoms with Crippen LogP contribution in [0.3, 0.4) is 0 Å². The molecule has 1 unspecified atom stereocenters. The normalized spacial score (nSPS) is 20.0. The van der Waals surface area contributed by atoms with Crippen molar-refractivity contribution in [1.29, 1.82) is 0 Å². The fourth-order valence-electron chi connectivity index (χ4n) is 2.18. The third kappa shape index (κ3) is 5.79. The van der Waals surface area contributed by atoms with Crippen LogP contribution in [0.4, 0.5) is 5.69 Å². The molecular weight excluding hydrogens is 403 g/mol. The van der Waals surface area contributed by atoms with Crippen LogP contribution in [0.25, 0.3) is 0 Å². The fraction of sp³-hybridized carbons (Fsp3) is 0.462. The van der Waals surface area contributed by atoms with Crippen molar-refractivity contribution in [1.82, 2.24) is 4.31 Å². The summed E-state index contributed by atoms with van der Waals surface area (Å²) >= 11 is 0. The van der Waals surface area contributed by atoms with E-state index in [1.54, 1.807) is 0 Å². The predicted octanol–water partition coefficient (Wildman–Crippen LogP) is 1.31. The van der Waals surface area contributed by atoms with E-state index >= 15 is 0 Å². The molecule has 8 heteroatoms. The lowest BCUT2D eigenvalue weighted by Crippen LogP contribution is -2.28. The van der Waals surface area contributed by atoms with Gasteiger partial charge in [-0.3, -0.25) is 4.99 Å². The lowest BCUT2D eigenvalue weighted by Gasteiger charge is -2.12. The van der Waals surface area contributed by atoms with Crippen molar-refractivity contribution >= 4 is 45.6 Å². The highest BCUT2D eigenvalue weighted by Gasteiger charge is 2.28. The van der Waals surface area contributed by atoms with Crippen LogP contribution in [-0.2, 0) is 10.0 Å². The zero-order valence-corrected chi connectivity index (χ0v) is 15.0. The van der Waals surface area contributed by atoms with Crippen molar-refractivity contribution < 1.29 is 8.42 Å². The number of para-hydroxylation sites is 1. The maximum atomic E-state index is 11.4. The largest absolute Gasteiger partial charge is 0.370 e. The number of nitrogens with one attached hydrogen (secondary N) is 1. The Morgan fingerprint density at radius 3 is 2.67 bits per heavy atom. The molecule has 0 amide bonds. The molecule has 1 aliphatic rings. The van der Waals surface area contributed by atoms with E-state index in [0.29, 0.717) is 25.6 Å². The van der Waals surface area contributed by atoms with Crippen molar-refractivity contribution in [2.24, 2.45) is 16.6 Å². The first-order valence-corrected chi connectivity index (χ1v) is 8.37. The minimum absolute atomic E-state index is 0. The summed E-state index contributed by atoms with van der Waals surface area (Å²) in [6, 6.07) is 9.57. The second-order valence-electron chi connectivity index (χ2n) is 4.99. The van der Waals surface area contributed by atoms with Crippen molar-refractivity contribution in [3.05, 3.63) is 30.3 Å². The Balaban J connectivity index is 0.00000220. The van der Waals surface area contributed by atoms with E-state index in [0.717, 1.165) is 12.1 Å². The number of rotatable bonds is 4. The molecule has 1 atom stereocenters. The van der Waals surface area contributed by atoms with Gasteiger partial charge in [-0.05, 0) is 24.5 Å². The first kappa shape index (κ1) is 18.2. The molecule has 6 nitrogen and oxygen atoms in total. The number of nitrogens with zero attached hydrogens (tertiary/aromatic N) is 2. The van der Waals surface area contributed by atoms with Crippen LogP contribution < -0.4 is 11.1 Å². The SMILES string of the molecule is CS(=O)(=O)N1CCC(CN=C(N)Nc2ccccc2)C1.I. The molecule has 1 aliphatic heterocycles. The fourth-order valence-corrected chi connectivity index (χ4v) is 3.10. The summed E-state index contributed by atoms with van der Waals surface area (Å²) in [7, 11) is -3.08. The molecular formula is C13H21IN4O2S. The molecule has 0 radical (unpaired) electrons. The van der Waals surface area contributed by atoms with Crippen LogP contribution in [-0.4, -0.2) is 44.6 Å². The summed E-state index contributed by atoms with van der Waals surface area (Å²) < 4.78 is 24.3. The van der Waals surface area contributed by atoms with Gasteiger partial charge < -0.3 is 11.1 Å². The monoisotopic (exact) mass is 424 g/mol. The Bertz CT molecular complexity index is 577. The molecule has 3 N–H and O–H groups in total. The third-order valence-corrected chi connectivity index (χ3v) is 4.55. The van der Waals surface area contributed by atoms with Crippen molar-refractivity contribution in [3.63, 3.8) is 0 Å². The number of guanidine groups is 1. The summed E-state index contributed by atoms with van der Waals surface area (Å²) in [5.74, 6) is 0.592. The van der Waals surface area contributed by atoms with Gasteiger partial charge in [-0.15, -0.1) is 24.0 Å². The summed E-state index contributed by atoms with van der Waals surface area (Å²) in [4.78, 5) is 4.28. The second kappa shape index (κ2) is 7.95. The summed E-state index contributed by atoms with van der Waals surface area (Å²) in [6.45, 7) is 1.64. The topological polar surface area (TPSA) is 87.8 Å². The second-order valence-corrected chi connectivity index (χ2v) is 6.98. The van der Waals surface area contributed by atoms with E-state index in [9.17, 15) is 8.42 Å². The van der Waals surface area contributed by atoms with Crippen LogP contribution in [0.2, 0.25) is 0 Å². The smallest absolute Gasteiger partial charge is 0.211 e. The average Bonchev–Trinajstić information content (AvgIpc) is 2.86. The predicted molar refractivity (Wildman–Crippen MR) is 96.5 cm³/mol. The molecule has 1 aromatic carbocycles. The van der Waals surface area contributed by atoms with Gasteiger partial charge in [0.05, 0.1) is 6.26 Å². The van der Waals surface area contributed by atoms with E-state index in [1.165, 1.54) is 10.6 Å². The van der Waals surface area contributed by atoms with Gasteiger partial charge >= 0.3 is 0 Å². The van der Waals surface area contributed by atoms with Crippen LogP contribution in [0, 0.1) is 5.92 Å². The van der Waals surface area contributed by atoms with Crippen molar-refractivity contribution in [2.45, 2.75) is 6.42 Å². The lowest BCUT2D eigenvalue weighted by molar-refractivity contribution is 0.464. The van der Waals surface area contributed by atoms with Gasteiger partial charge in [-0.2, -0.15) is 0 Å². The number of anilines is 1. The zero-order valence-electron chi connectivity index (χ0n) is 11.9. The number of benzene rings is 1. The van der Waals surface area contributed by atoms with Gasteiger partial charge in [0.2, 0.25) is 10.0 Å². The average molecular weight is 424 g/mol. The zero-order chi connectivity index (χ0) is 14.6. The minimum atomic E-state index is -3.08. The molecule has 21 heavy (non-hydrogen) atoms. The molecule has 1 saturated heterocycles. The quantitative estimate of drug-likeness (QED) is 0.434. The first-order chi connectivity index (χ1) is 9.45. The highest BCUT2D eigenvalue weighted by Crippen LogP contribution is 2.18. The van der Waals surface area contributed by atoms with Gasteiger partial charge in [0.15, 0.2) is 5.96 Å². The van der Waals surface area contributed by atoms with Gasteiger partial charge in [0, 0.05) is 25.3 Å². The Hall–Kier alpha value is -0.870. The Morgan fingerprint density at radius 2 is 2.10 bits per heavy atom. The Kier molecular flexibility index (Phi) is 6.88. The van der Waals surface area contributed by atoms with E-state index in [-0.39, 0.29) is 29.9 Å². The number of sulfonamides is 1. The molecule has 0 bridgehead atoms. The van der Waals surface area contributed by atoms with Gasteiger partial charge in [0.1, 0.15) is 0 Å². The van der Waals surface area contributed by atoms with E-state index < -0.39 is 10.0 Å². The lowest BCUT2D eigenvalue weighted by atomic mass is 10.1. The molecule has 1 fully saturated rings. The minimum Gasteiger partial charge on any atom is -0.370 e. The highest BCUT2D eigenvalue weighted by molar-refractivity contribution is 14.0. The number of hydrogen-bond donors (Lipinski definition) is 2. The van der Waals surface area contributed by atoms with Crippen molar-refractivity contribution in [3.8, 4) is 0 Å². The number of hydrogen-bond acceptors (Lipinski definition) is 3. The van der Waals surface area contributed by atoms with Gasteiger partial charge in [0.25, 0.3) is 0 Å². The highest BCUT2D eigenvalue weighted by atomic mass is 127. The van der Waals surface area contributed by atoms with E-state index in [1.807, 2.05) is 30.3 Å². The Labute approximate surface area is 142 Å². The molecule has 0 aliphatic carbocycles. The third-order valence-electron chi connectivity index (χ3n) is 3.28. The van der Waals surface area contributed by atoms with Crippen LogP contribution in [0.15, 0.2) is 35.3 Å². The number of aliphatic imine (C=N–C) groups is 1. The standard InChI is InChI=1S/C13H20N4O2S.HI/c1-20(18,19)17-8-7-11(10-17)9-15-13(14)16-12-5-3-2-4-6-12;/h2-6,11H,7-10H2,1H3,(H3,14,15,16);1H. The molecule has 0 saturated carbocycles. The summed E-state index contributed by atoms with van der Waals surface area (Å²) in [5, 5.41) is 3.00. The molecule has 0 aromatic heterocycles. The number of halogens is 1. The maximum absolute atomic E-state index is 11.4. The molecule has 118 valence electrons. The Morgan fingerprint density at radius 1 is 1.43 bits per heavy atom. The molecule has 2 rings (SSSR count). The van der Waals surface area contributed by atoms with Gasteiger partial charge in [-0.1, -0.05) is 18.2 Å². The van der Waals surface area contributed by atoms with Crippen LogP contribution in [0.5, 0.6) is 0 Å². The van der Waals surface area contributed by atoms with E-state index in [4.69, 9.17) is 5.73 Å². The summed E-state index contributed by atoms with van der Waals surface area (Å²) in [5.41, 5.74) is 6.70. The van der Waals surface area contributed by atoms with Crippen LogP contribution >= 0.6 is 24.0 Å². The van der Waals surface area contributed by atoms with Crippen molar-refractivity contribution in [2.75, 3.05) is 31.2 Å². The van der Waals surface area contributed by atoms with Crippen LogP contribution in [0.1, 0.15) is 6.42 Å². The van der Waals surface area contributed by atoms with E-state index in [2.05, 4.69) is 10.3 Å². The molecule has 0 spiro atoms. The summed E-state index contributed by atoms with van der Waals surface area (Å²) in [6.07, 6.45) is 2.07.